The van der Waals surface area contributed by atoms with Crippen molar-refractivity contribution in [1.29, 1.82) is 0 Å². The maximum Gasteiger partial charge on any atom is 0.434 e. The van der Waals surface area contributed by atoms with Crippen molar-refractivity contribution in [3.05, 3.63) is 82.1 Å². The van der Waals surface area contributed by atoms with E-state index in [1.54, 1.807) is 12.1 Å². The van der Waals surface area contributed by atoms with Gasteiger partial charge in [-0.2, -0.15) is 18.3 Å². The summed E-state index contributed by atoms with van der Waals surface area (Å²) in [5, 5.41) is 6.68. The molecular formula is C19H15ClF3N3O. The van der Waals surface area contributed by atoms with E-state index in [4.69, 9.17) is 11.6 Å². The van der Waals surface area contributed by atoms with Gasteiger partial charge < -0.3 is 5.32 Å². The first-order valence-electron chi connectivity index (χ1n) is 8.01. The summed E-state index contributed by atoms with van der Waals surface area (Å²) in [6, 6.07) is 13.0. The molecule has 0 aliphatic heterocycles. The van der Waals surface area contributed by atoms with Gasteiger partial charge in [0.15, 0.2) is 5.69 Å². The number of alkyl halides is 3. The number of rotatable bonds is 4. The molecule has 3 rings (SSSR count). The van der Waals surface area contributed by atoms with Gasteiger partial charge in [-0.25, -0.2) is 4.68 Å². The Morgan fingerprint density at radius 3 is 2.44 bits per heavy atom. The van der Waals surface area contributed by atoms with Gasteiger partial charge in [0.05, 0.1) is 17.4 Å². The third-order valence-corrected chi connectivity index (χ3v) is 4.31. The minimum absolute atomic E-state index is 0.120. The van der Waals surface area contributed by atoms with Crippen molar-refractivity contribution in [2.75, 3.05) is 0 Å². The Morgan fingerprint density at radius 1 is 1.15 bits per heavy atom. The third-order valence-electron chi connectivity index (χ3n) is 4.05. The second-order valence-corrected chi connectivity index (χ2v) is 6.34. The molecule has 1 amide bonds. The SMILES string of the molecule is Cc1ccccc1CNC(=O)c1cnn(-c2ccc(Cl)cc2)c1C(F)(F)F. The summed E-state index contributed by atoms with van der Waals surface area (Å²) in [6.07, 6.45) is -3.84. The first kappa shape index (κ1) is 19.0. The number of nitrogens with one attached hydrogen (secondary N) is 1. The lowest BCUT2D eigenvalue weighted by atomic mass is 10.1. The fraction of sp³-hybridized carbons (Fsp3) is 0.158. The molecule has 8 heteroatoms. The number of carbonyl (C=O) groups is 1. The van der Waals surface area contributed by atoms with E-state index in [0.717, 1.165) is 17.3 Å². The lowest BCUT2D eigenvalue weighted by Gasteiger charge is -2.13. The minimum Gasteiger partial charge on any atom is -0.348 e. The molecule has 0 aliphatic rings. The highest BCUT2D eigenvalue weighted by Crippen LogP contribution is 2.33. The fourth-order valence-corrected chi connectivity index (χ4v) is 2.77. The van der Waals surface area contributed by atoms with Gasteiger partial charge in [-0.15, -0.1) is 0 Å². The van der Waals surface area contributed by atoms with E-state index in [-0.39, 0.29) is 12.2 Å². The molecule has 0 fully saturated rings. The normalized spacial score (nSPS) is 11.4. The van der Waals surface area contributed by atoms with Crippen molar-refractivity contribution in [1.82, 2.24) is 15.1 Å². The molecule has 0 saturated carbocycles. The van der Waals surface area contributed by atoms with Gasteiger partial charge in [0.25, 0.3) is 5.91 Å². The van der Waals surface area contributed by atoms with Crippen LogP contribution in [-0.4, -0.2) is 15.7 Å². The van der Waals surface area contributed by atoms with Crippen LogP contribution in [0.25, 0.3) is 5.69 Å². The van der Waals surface area contributed by atoms with Crippen LogP contribution in [0.1, 0.15) is 27.2 Å². The predicted octanol–water partition coefficient (Wildman–Crippen LogP) is 4.78. The van der Waals surface area contributed by atoms with Crippen LogP contribution in [0, 0.1) is 6.92 Å². The maximum atomic E-state index is 13.6. The molecular weight excluding hydrogens is 379 g/mol. The first-order chi connectivity index (χ1) is 12.8. The van der Waals surface area contributed by atoms with Gasteiger partial charge in [-0.05, 0) is 42.3 Å². The number of aromatic nitrogens is 2. The van der Waals surface area contributed by atoms with Crippen molar-refractivity contribution < 1.29 is 18.0 Å². The second kappa shape index (κ2) is 7.44. The summed E-state index contributed by atoms with van der Waals surface area (Å²) < 4.78 is 41.6. The molecule has 4 nitrogen and oxygen atoms in total. The van der Waals surface area contributed by atoms with E-state index < -0.39 is 23.3 Å². The van der Waals surface area contributed by atoms with Crippen LogP contribution < -0.4 is 5.32 Å². The monoisotopic (exact) mass is 393 g/mol. The minimum atomic E-state index is -4.76. The molecule has 0 saturated heterocycles. The maximum absolute atomic E-state index is 13.6. The summed E-state index contributed by atoms with van der Waals surface area (Å²) in [6.45, 7) is 1.98. The first-order valence-corrected chi connectivity index (χ1v) is 8.39. The van der Waals surface area contributed by atoms with Crippen LogP contribution in [0.3, 0.4) is 0 Å². The molecule has 0 aliphatic carbocycles. The number of halogens is 4. The van der Waals surface area contributed by atoms with Crippen LogP contribution >= 0.6 is 11.6 Å². The van der Waals surface area contributed by atoms with Crippen molar-refractivity contribution in [3.8, 4) is 5.69 Å². The van der Waals surface area contributed by atoms with E-state index >= 15 is 0 Å². The molecule has 0 atom stereocenters. The molecule has 0 bridgehead atoms. The van der Waals surface area contributed by atoms with Crippen LogP contribution in [0.4, 0.5) is 13.2 Å². The van der Waals surface area contributed by atoms with Gasteiger partial charge in [0, 0.05) is 11.6 Å². The molecule has 2 aromatic carbocycles. The van der Waals surface area contributed by atoms with Crippen molar-refractivity contribution in [2.24, 2.45) is 0 Å². The number of nitrogens with zero attached hydrogens (tertiary/aromatic N) is 2. The molecule has 3 aromatic rings. The summed E-state index contributed by atoms with van der Waals surface area (Å²) in [4.78, 5) is 12.4. The molecule has 140 valence electrons. The molecule has 0 radical (unpaired) electrons. The second-order valence-electron chi connectivity index (χ2n) is 5.90. The average Bonchev–Trinajstić information content (AvgIpc) is 3.07. The fourth-order valence-electron chi connectivity index (χ4n) is 2.64. The van der Waals surface area contributed by atoms with Crippen LogP contribution in [-0.2, 0) is 12.7 Å². The van der Waals surface area contributed by atoms with Crippen LogP contribution in [0.2, 0.25) is 5.02 Å². The quantitative estimate of drug-likeness (QED) is 0.693. The summed E-state index contributed by atoms with van der Waals surface area (Å²) >= 11 is 5.78. The van der Waals surface area contributed by atoms with Gasteiger partial charge >= 0.3 is 6.18 Å². The van der Waals surface area contributed by atoms with Crippen molar-refractivity contribution in [2.45, 2.75) is 19.6 Å². The van der Waals surface area contributed by atoms with Gasteiger partial charge in [-0.1, -0.05) is 35.9 Å². The van der Waals surface area contributed by atoms with Crippen LogP contribution in [0.15, 0.2) is 54.7 Å². The van der Waals surface area contributed by atoms with E-state index in [0.29, 0.717) is 9.70 Å². The molecule has 1 aromatic heterocycles. The van der Waals surface area contributed by atoms with Gasteiger partial charge in [0.2, 0.25) is 0 Å². The lowest BCUT2D eigenvalue weighted by molar-refractivity contribution is -0.143. The summed E-state index contributed by atoms with van der Waals surface area (Å²) in [7, 11) is 0. The summed E-state index contributed by atoms with van der Waals surface area (Å²) in [5.74, 6) is -0.842. The van der Waals surface area contributed by atoms with Crippen molar-refractivity contribution >= 4 is 17.5 Å². The Bertz CT molecular complexity index is 965. The zero-order chi connectivity index (χ0) is 19.6. The number of hydrogen-bond donors (Lipinski definition) is 1. The molecule has 0 unspecified atom stereocenters. The molecule has 1 heterocycles. The highest BCUT2D eigenvalue weighted by Gasteiger charge is 2.40. The number of carbonyl (C=O) groups excluding carboxylic acids is 1. The average molecular weight is 394 g/mol. The number of hydrogen-bond acceptors (Lipinski definition) is 2. The number of amides is 1. The lowest BCUT2D eigenvalue weighted by Crippen LogP contribution is -2.26. The Balaban J connectivity index is 1.92. The molecule has 0 spiro atoms. The van der Waals surface area contributed by atoms with Crippen molar-refractivity contribution in [3.63, 3.8) is 0 Å². The predicted molar refractivity (Wildman–Crippen MR) is 95.9 cm³/mol. The number of aryl methyl sites for hydroxylation is 1. The largest absolute Gasteiger partial charge is 0.434 e. The zero-order valence-electron chi connectivity index (χ0n) is 14.2. The highest BCUT2D eigenvalue weighted by atomic mass is 35.5. The summed E-state index contributed by atoms with van der Waals surface area (Å²) in [5.41, 5.74) is 0.248. The van der Waals surface area contributed by atoms with E-state index in [2.05, 4.69) is 10.4 Å². The Hall–Kier alpha value is -2.80. The Kier molecular flexibility index (Phi) is 5.23. The van der Waals surface area contributed by atoms with Gasteiger partial charge in [0.1, 0.15) is 0 Å². The molecule has 27 heavy (non-hydrogen) atoms. The third kappa shape index (κ3) is 4.14. The Labute approximate surface area is 158 Å². The smallest absolute Gasteiger partial charge is 0.348 e. The Morgan fingerprint density at radius 2 is 1.81 bits per heavy atom. The molecule has 1 N–H and O–H groups in total. The zero-order valence-corrected chi connectivity index (χ0v) is 15.0. The van der Waals surface area contributed by atoms with Crippen LogP contribution in [0.5, 0.6) is 0 Å². The topological polar surface area (TPSA) is 46.9 Å². The van der Waals surface area contributed by atoms with E-state index in [9.17, 15) is 18.0 Å². The standard InChI is InChI=1S/C19H15ClF3N3O/c1-12-4-2-3-5-13(12)10-24-18(27)16-11-25-26(17(16)19(21,22)23)15-8-6-14(20)7-9-15/h2-9,11H,10H2,1H3,(H,24,27). The number of benzene rings is 2. The van der Waals surface area contributed by atoms with Gasteiger partial charge in [-0.3, -0.25) is 4.79 Å². The highest BCUT2D eigenvalue weighted by molar-refractivity contribution is 6.30. The van der Waals surface area contributed by atoms with E-state index in [1.165, 1.54) is 24.3 Å². The van der Waals surface area contributed by atoms with E-state index in [1.807, 2.05) is 19.1 Å².